The highest BCUT2D eigenvalue weighted by molar-refractivity contribution is 7.89. The van der Waals surface area contributed by atoms with E-state index in [1.807, 2.05) is 0 Å². The molecule has 2 atom stereocenters. The van der Waals surface area contributed by atoms with Gasteiger partial charge in [0, 0.05) is 26.1 Å². The molecule has 2 N–H and O–H groups in total. The molecule has 1 saturated heterocycles. The van der Waals surface area contributed by atoms with E-state index in [-0.39, 0.29) is 25.6 Å². The fraction of sp³-hybridized carbons (Fsp3) is 0.462. The Balaban J connectivity index is 2.30. The number of nitrogens with two attached hydrogens (primary N) is 1. The molecule has 1 fully saturated rings. The molecule has 0 bridgehead atoms. The molecular weight excluding hydrogens is 299 g/mol. The van der Waals surface area contributed by atoms with Crippen LogP contribution in [-0.2, 0) is 19.6 Å². The van der Waals surface area contributed by atoms with Crippen LogP contribution in [0.2, 0.25) is 0 Å². The largest absolute Gasteiger partial charge is 0.384 e. The van der Waals surface area contributed by atoms with Gasteiger partial charge in [-0.1, -0.05) is 12.1 Å². The van der Waals surface area contributed by atoms with Crippen LogP contribution >= 0.6 is 0 Å². The van der Waals surface area contributed by atoms with Crippen LogP contribution in [-0.4, -0.2) is 45.4 Å². The third kappa shape index (κ3) is 3.07. The second-order valence-electron chi connectivity index (χ2n) is 4.98. The first-order chi connectivity index (χ1) is 9.87. The second kappa shape index (κ2) is 6.08. The normalized spacial score (nSPS) is 23.3. The van der Waals surface area contributed by atoms with Gasteiger partial charge in [-0.15, -0.1) is 0 Å². The standard InChI is InChI=1S/C13H17FN2O4S/c1-20-8-9-6-16(7-10(9)13(15)17)21(18,19)12-5-3-2-4-11(12)14/h2-5,9-10H,6-8H2,1H3,(H2,15,17). The Kier molecular flexibility index (Phi) is 4.60. The van der Waals surface area contributed by atoms with Gasteiger partial charge in [-0.25, -0.2) is 12.8 Å². The fourth-order valence-corrected chi connectivity index (χ4v) is 4.11. The number of carbonyl (C=O) groups excluding carboxylic acids is 1. The number of sulfonamides is 1. The van der Waals surface area contributed by atoms with Crippen LogP contribution in [0.5, 0.6) is 0 Å². The van der Waals surface area contributed by atoms with E-state index in [1.54, 1.807) is 0 Å². The summed E-state index contributed by atoms with van der Waals surface area (Å²) >= 11 is 0. The van der Waals surface area contributed by atoms with Crippen molar-refractivity contribution < 1.29 is 22.3 Å². The van der Waals surface area contributed by atoms with Crippen LogP contribution in [0.3, 0.4) is 0 Å². The summed E-state index contributed by atoms with van der Waals surface area (Å²) in [4.78, 5) is 11.0. The van der Waals surface area contributed by atoms with Crippen molar-refractivity contribution >= 4 is 15.9 Å². The lowest BCUT2D eigenvalue weighted by molar-refractivity contribution is -0.122. The van der Waals surface area contributed by atoms with Crippen LogP contribution in [0.1, 0.15) is 0 Å². The molecule has 0 aromatic heterocycles. The number of amides is 1. The summed E-state index contributed by atoms with van der Waals surface area (Å²) in [5.74, 6) is -2.35. The van der Waals surface area contributed by atoms with Gasteiger partial charge in [0.25, 0.3) is 0 Å². The molecule has 1 heterocycles. The highest BCUT2D eigenvalue weighted by Crippen LogP contribution is 2.29. The summed E-state index contributed by atoms with van der Waals surface area (Å²) in [7, 11) is -2.53. The Morgan fingerprint density at radius 3 is 2.67 bits per heavy atom. The zero-order valence-corrected chi connectivity index (χ0v) is 12.3. The van der Waals surface area contributed by atoms with E-state index >= 15 is 0 Å². The molecule has 21 heavy (non-hydrogen) atoms. The lowest BCUT2D eigenvalue weighted by atomic mass is 9.96. The molecule has 0 spiro atoms. The maximum absolute atomic E-state index is 13.7. The monoisotopic (exact) mass is 316 g/mol. The van der Waals surface area contributed by atoms with Crippen molar-refractivity contribution in [3.05, 3.63) is 30.1 Å². The van der Waals surface area contributed by atoms with Crippen LogP contribution < -0.4 is 5.73 Å². The van der Waals surface area contributed by atoms with Gasteiger partial charge < -0.3 is 10.5 Å². The summed E-state index contributed by atoms with van der Waals surface area (Å²) in [5, 5.41) is 0. The molecule has 1 aromatic carbocycles. The molecule has 116 valence electrons. The van der Waals surface area contributed by atoms with Gasteiger partial charge in [0.2, 0.25) is 15.9 Å². The maximum atomic E-state index is 13.7. The minimum atomic E-state index is -3.99. The van der Waals surface area contributed by atoms with Crippen molar-refractivity contribution in [2.24, 2.45) is 17.6 Å². The molecule has 1 aliphatic heterocycles. The van der Waals surface area contributed by atoms with Crippen molar-refractivity contribution in [1.29, 1.82) is 0 Å². The van der Waals surface area contributed by atoms with Gasteiger partial charge in [0.05, 0.1) is 12.5 Å². The average Bonchev–Trinajstić information content (AvgIpc) is 2.84. The summed E-state index contributed by atoms with van der Waals surface area (Å²) in [6.45, 7) is 0.245. The highest BCUT2D eigenvalue weighted by Gasteiger charge is 2.42. The number of halogens is 1. The molecule has 0 aliphatic carbocycles. The average molecular weight is 316 g/mol. The number of ether oxygens (including phenoxy) is 1. The summed E-state index contributed by atoms with van der Waals surface area (Å²) in [5.41, 5.74) is 5.30. The molecule has 8 heteroatoms. The second-order valence-corrected chi connectivity index (χ2v) is 6.88. The van der Waals surface area contributed by atoms with E-state index in [4.69, 9.17) is 10.5 Å². The van der Waals surface area contributed by atoms with E-state index < -0.39 is 32.6 Å². The molecule has 6 nitrogen and oxygen atoms in total. The predicted octanol–water partition coefficient (Wildman–Crippen LogP) is 0.194. The number of hydrogen-bond acceptors (Lipinski definition) is 4. The van der Waals surface area contributed by atoms with Crippen LogP contribution in [0, 0.1) is 17.7 Å². The number of methoxy groups -OCH3 is 1. The van der Waals surface area contributed by atoms with Crippen molar-refractivity contribution in [3.8, 4) is 0 Å². The summed E-state index contributed by atoms with van der Waals surface area (Å²) < 4.78 is 44.7. The first-order valence-corrected chi connectivity index (χ1v) is 7.85. The van der Waals surface area contributed by atoms with Crippen molar-refractivity contribution in [2.45, 2.75) is 4.90 Å². The molecule has 0 radical (unpaired) electrons. The van der Waals surface area contributed by atoms with Crippen molar-refractivity contribution in [1.82, 2.24) is 4.31 Å². The Morgan fingerprint density at radius 1 is 1.43 bits per heavy atom. The third-order valence-electron chi connectivity index (χ3n) is 3.61. The lowest BCUT2D eigenvalue weighted by Crippen LogP contribution is -2.32. The van der Waals surface area contributed by atoms with Gasteiger partial charge in [0.15, 0.2) is 0 Å². The van der Waals surface area contributed by atoms with Crippen LogP contribution in [0.4, 0.5) is 4.39 Å². The van der Waals surface area contributed by atoms with Gasteiger partial charge >= 0.3 is 0 Å². The van der Waals surface area contributed by atoms with Crippen molar-refractivity contribution in [3.63, 3.8) is 0 Å². The fourth-order valence-electron chi connectivity index (χ4n) is 2.53. The number of rotatable bonds is 5. The SMILES string of the molecule is COCC1CN(S(=O)(=O)c2ccccc2F)CC1C(N)=O. The van der Waals surface area contributed by atoms with Gasteiger partial charge in [-0.05, 0) is 12.1 Å². The number of hydrogen-bond donors (Lipinski definition) is 1. The van der Waals surface area contributed by atoms with Gasteiger partial charge in [0.1, 0.15) is 10.7 Å². The Morgan fingerprint density at radius 2 is 2.10 bits per heavy atom. The smallest absolute Gasteiger partial charge is 0.246 e. The van der Waals surface area contributed by atoms with E-state index in [0.717, 1.165) is 10.4 Å². The molecule has 2 unspecified atom stereocenters. The first kappa shape index (κ1) is 15.9. The number of nitrogens with zero attached hydrogens (tertiary/aromatic N) is 1. The quantitative estimate of drug-likeness (QED) is 0.840. The molecule has 1 amide bonds. The Hall–Kier alpha value is -1.51. The highest BCUT2D eigenvalue weighted by atomic mass is 32.2. The maximum Gasteiger partial charge on any atom is 0.246 e. The summed E-state index contributed by atoms with van der Waals surface area (Å²) in [6, 6.07) is 5.15. The van der Waals surface area contributed by atoms with E-state index in [1.165, 1.54) is 25.3 Å². The van der Waals surface area contributed by atoms with E-state index in [9.17, 15) is 17.6 Å². The number of benzene rings is 1. The Labute approximate surface area is 122 Å². The van der Waals surface area contributed by atoms with Gasteiger partial charge in [-0.2, -0.15) is 4.31 Å². The van der Waals surface area contributed by atoms with Crippen molar-refractivity contribution in [2.75, 3.05) is 26.8 Å². The van der Waals surface area contributed by atoms with Crippen LogP contribution in [0.25, 0.3) is 0 Å². The third-order valence-corrected chi connectivity index (χ3v) is 5.47. The van der Waals surface area contributed by atoms with E-state index in [0.29, 0.717) is 0 Å². The topological polar surface area (TPSA) is 89.7 Å². The number of primary amides is 1. The zero-order valence-electron chi connectivity index (χ0n) is 11.5. The minimum Gasteiger partial charge on any atom is -0.384 e. The van der Waals surface area contributed by atoms with Crippen LogP contribution in [0.15, 0.2) is 29.2 Å². The number of carbonyl (C=O) groups is 1. The lowest BCUT2D eigenvalue weighted by Gasteiger charge is -2.16. The molecule has 1 aliphatic rings. The molecular formula is C13H17FN2O4S. The zero-order chi connectivity index (χ0) is 15.6. The Bertz CT molecular complexity index is 635. The summed E-state index contributed by atoms with van der Waals surface area (Å²) in [6.07, 6.45) is 0. The molecule has 1 aromatic rings. The molecule has 2 rings (SSSR count). The minimum absolute atomic E-state index is 0.0555. The first-order valence-electron chi connectivity index (χ1n) is 6.41. The van der Waals surface area contributed by atoms with Gasteiger partial charge in [-0.3, -0.25) is 4.79 Å². The predicted molar refractivity (Wildman–Crippen MR) is 73.2 cm³/mol. The molecule has 0 saturated carbocycles. The van der Waals surface area contributed by atoms with E-state index in [2.05, 4.69) is 0 Å².